The van der Waals surface area contributed by atoms with Crippen LogP contribution in [0.1, 0.15) is 24.8 Å². The van der Waals surface area contributed by atoms with Crippen molar-refractivity contribution >= 4 is 27.6 Å². The summed E-state index contributed by atoms with van der Waals surface area (Å²) in [6.07, 6.45) is 2.60. The summed E-state index contributed by atoms with van der Waals surface area (Å²) < 4.78 is 0.476. The van der Waals surface area contributed by atoms with Gasteiger partial charge in [-0.2, -0.15) is 0 Å². The molecule has 0 aliphatic heterocycles. The summed E-state index contributed by atoms with van der Waals surface area (Å²) in [5, 5.41) is 23.2. The van der Waals surface area contributed by atoms with E-state index in [2.05, 4.69) is 21.2 Å². The summed E-state index contributed by atoms with van der Waals surface area (Å²) in [7, 11) is 0. The lowest BCUT2D eigenvalue weighted by Gasteiger charge is -2.16. The van der Waals surface area contributed by atoms with Crippen LogP contribution in [0.4, 0.5) is 5.69 Å². The highest BCUT2D eigenvalue weighted by Gasteiger charge is 2.32. The highest BCUT2D eigenvalue weighted by Crippen LogP contribution is 2.32. The third-order valence-corrected chi connectivity index (χ3v) is 4.87. The molecule has 0 radical (unpaired) electrons. The number of hydrogen-bond acceptors (Lipinski definition) is 4. The van der Waals surface area contributed by atoms with Crippen molar-refractivity contribution in [1.29, 1.82) is 0 Å². The molecule has 1 saturated carbocycles. The van der Waals surface area contributed by atoms with Gasteiger partial charge in [0.25, 0.3) is 5.69 Å². The summed E-state index contributed by atoms with van der Waals surface area (Å²) in [5.74, 6) is -0.859. The maximum Gasteiger partial charge on any atom is 0.306 e. The first-order valence-electron chi connectivity index (χ1n) is 6.86. The van der Waals surface area contributed by atoms with E-state index in [9.17, 15) is 14.9 Å². The lowest BCUT2D eigenvalue weighted by atomic mass is 9.96. The van der Waals surface area contributed by atoms with Gasteiger partial charge in [0.05, 0.1) is 15.3 Å². The van der Waals surface area contributed by atoms with Crippen molar-refractivity contribution in [3.63, 3.8) is 0 Å². The van der Waals surface area contributed by atoms with E-state index in [-0.39, 0.29) is 17.5 Å². The number of carboxylic acid groups (broad SMARTS) is 1. The van der Waals surface area contributed by atoms with E-state index in [0.29, 0.717) is 17.6 Å². The molecule has 1 fully saturated rings. The first kappa shape index (κ1) is 15.9. The highest BCUT2D eigenvalue weighted by atomic mass is 79.9. The van der Waals surface area contributed by atoms with Gasteiger partial charge < -0.3 is 10.4 Å². The minimum absolute atomic E-state index is 0.0404. The van der Waals surface area contributed by atoms with Gasteiger partial charge in [-0.3, -0.25) is 14.9 Å². The molecular formula is C14H17BrN2O4. The number of aliphatic carboxylic acids is 1. The Morgan fingerprint density at radius 1 is 1.48 bits per heavy atom. The second kappa shape index (κ2) is 7.00. The van der Waals surface area contributed by atoms with Gasteiger partial charge >= 0.3 is 5.97 Å². The fraction of sp³-hybridized carbons (Fsp3) is 0.500. The molecule has 1 aliphatic carbocycles. The van der Waals surface area contributed by atoms with Crippen LogP contribution in [0.25, 0.3) is 0 Å². The van der Waals surface area contributed by atoms with Crippen LogP contribution in [0.3, 0.4) is 0 Å². The molecule has 1 aliphatic rings. The Balaban J connectivity index is 1.93. The molecule has 0 bridgehead atoms. The Hall–Kier alpha value is -1.47. The zero-order valence-corrected chi connectivity index (χ0v) is 13.0. The third kappa shape index (κ3) is 3.79. The molecule has 7 heteroatoms. The molecule has 1 aromatic rings. The van der Waals surface area contributed by atoms with Crippen molar-refractivity contribution in [2.24, 2.45) is 11.8 Å². The van der Waals surface area contributed by atoms with Crippen molar-refractivity contribution in [2.75, 3.05) is 6.54 Å². The van der Waals surface area contributed by atoms with Crippen LogP contribution in [-0.4, -0.2) is 22.5 Å². The van der Waals surface area contributed by atoms with Crippen LogP contribution in [0.2, 0.25) is 0 Å². The standard InChI is InChI=1S/C14H17BrN2O4/c15-13-10(4-2-6-12(13)17(20)21)8-16-7-9-3-1-5-11(9)14(18)19/h2,4,6,9,11,16H,1,3,5,7-8H2,(H,18,19). The molecule has 0 amide bonds. The Kier molecular flexibility index (Phi) is 5.30. The Labute approximate surface area is 130 Å². The smallest absolute Gasteiger partial charge is 0.306 e. The second-order valence-electron chi connectivity index (χ2n) is 5.27. The van der Waals surface area contributed by atoms with E-state index >= 15 is 0 Å². The van der Waals surface area contributed by atoms with Crippen LogP contribution in [0, 0.1) is 22.0 Å². The van der Waals surface area contributed by atoms with E-state index in [1.807, 2.05) is 6.07 Å². The van der Waals surface area contributed by atoms with E-state index < -0.39 is 10.9 Å². The number of hydrogen-bond donors (Lipinski definition) is 2. The molecule has 2 atom stereocenters. The number of nitro benzene ring substituents is 1. The molecule has 2 N–H and O–H groups in total. The fourth-order valence-electron chi connectivity index (χ4n) is 2.84. The van der Waals surface area contributed by atoms with Crippen molar-refractivity contribution < 1.29 is 14.8 Å². The molecule has 6 nitrogen and oxygen atoms in total. The topological polar surface area (TPSA) is 92.5 Å². The summed E-state index contributed by atoms with van der Waals surface area (Å²) in [5.41, 5.74) is 0.840. The summed E-state index contributed by atoms with van der Waals surface area (Å²) in [4.78, 5) is 21.5. The largest absolute Gasteiger partial charge is 0.481 e. The number of benzene rings is 1. The van der Waals surface area contributed by atoms with Gasteiger partial charge in [0.1, 0.15) is 0 Å². The number of rotatable bonds is 6. The number of carbonyl (C=O) groups is 1. The predicted octanol–water partition coefficient (Wildman–Crippen LogP) is 2.95. The predicted molar refractivity (Wildman–Crippen MR) is 81.0 cm³/mol. The maximum atomic E-state index is 11.1. The zero-order chi connectivity index (χ0) is 15.4. The SMILES string of the molecule is O=C(O)C1CCCC1CNCc1cccc([N+](=O)[O-])c1Br. The van der Waals surface area contributed by atoms with Crippen molar-refractivity contribution in [2.45, 2.75) is 25.8 Å². The van der Waals surface area contributed by atoms with Gasteiger partial charge in [-0.25, -0.2) is 0 Å². The van der Waals surface area contributed by atoms with E-state index in [0.717, 1.165) is 24.8 Å². The number of nitro groups is 1. The normalized spacial score (nSPS) is 21.4. The van der Waals surface area contributed by atoms with Crippen LogP contribution in [0.5, 0.6) is 0 Å². The molecule has 2 rings (SSSR count). The fourth-order valence-corrected chi connectivity index (χ4v) is 3.39. The molecule has 0 spiro atoms. The van der Waals surface area contributed by atoms with Gasteiger partial charge in [0.15, 0.2) is 0 Å². The zero-order valence-electron chi connectivity index (χ0n) is 11.4. The minimum atomic E-state index is -0.726. The van der Waals surface area contributed by atoms with Crippen molar-refractivity contribution in [3.05, 3.63) is 38.3 Å². The lowest BCUT2D eigenvalue weighted by Crippen LogP contribution is -2.28. The van der Waals surface area contributed by atoms with Crippen LogP contribution in [0.15, 0.2) is 22.7 Å². The Bertz CT molecular complexity index is 550. The second-order valence-corrected chi connectivity index (χ2v) is 6.07. The first-order chi connectivity index (χ1) is 10.0. The first-order valence-corrected chi connectivity index (χ1v) is 7.65. The third-order valence-electron chi connectivity index (χ3n) is 3.95. The van der Waals surface area contributed by atoms with Crippen LogP contribution >= 0.6 is 15.9 Å². The average molecular weight is 357 g/mol. The van der Waals surface area contributed by atoms with Gasteiger partial charge in [-0.1, -0.05) is 18.6 Å². The molecule has 0 heterocycles. The number of nitrogens with zero attached hydrogens (tertiary/aromatic N) is 1. The molecule has 2 unspecified atom stereocenters. The van der Waals surface area contributed by atoms with E-state index in [1.54, 1.807) is 6.07 Å². The molecule has 114 valence electrons. The molecular weight excluding hydrogens is 340 g/mol. The van der Waals surface area contributed by atoms with Gasteiger partial charge in [-0.05, 0) is 46.8 Å². The Morgan fingerprint density at radius 2 is 2.24 bits per heavy atom. The lowest BCUT2D eigenvalue weighted by molar-refractivity contribution is -0.385. The maximum absolute atomic E-state index is 11.1. The monoisotopic (exact) mass is 356 g/mol. The molecule has 1 aromatic carbocycles. The molecule has 21 heavy (non-hydrogen) atoms. The van der Waals surface area contributed by atoms with Crippen molar-refractivity contribution in [3.8, 4) is 0 Å². The van der Waals surface area contributed by atoms with Gasteiger partial charge in [0, 0.05) is 12.6 Å². The summed E-state index contributed by atoms with van der Waals surface area (Å²) in [6.45, 7) is 1.09. The van der Waals surface area contributed by atoms with Gasteiger partial charge in [0.2, 0.25) is 0 Å². The highest BCUT2D eigenvalue weighted by molar-refractivity contribution is 9.10. The van der Waals surface area contributed by atoms with Gasteiger partial charge in [-0.15, -0.1) is 0 Å². The minimum Gasteiger partial charge on any atom is -0.481 e. The quantitative estimate of drug-likeness (QED) is 0.603. The summed E-state index contributed by atoms with van der Waals surface area (Å²) >= 11 is 3.25. The molecule has 0 aromatic heterocycles. The van der Waals surface area contributed by atoms with E-state index in [1.165, 1.54) is 6.07 Å². The van der Waals surface area contributed by atoms with E-state index in [4.69, 9.17) is 5.11 Å². The number of halogens is 1. The van der Waals surface area contributed by atoms with Crippen LogP contribution < -0.4 is 5.32 Å². The van der Waals surface area contributed by atoms with Crippen molar-refractivity contribution in [1.82, 2.24) is 5.32 Å². The van der Waals surface area contributed by atoms with Crippen LogP contribution in [-0.2, 0) is 11.3 Å². The number of carboxylic acids is 1. The number of nitrogens with one attached hydrogen (secondary N) is 1. The average Bonchev–Trinajstić information content (AvgIpc) is 2.89. The Morgan fingerprint density at radius 3 is 2.90 bits per heavy atom. The molecule has 0 saturated heterocycles. The summed E-state index contributed by atoms with van der Waals surface area (Å²) in [6, 6.07) is 4.91.